The molecule has 2 aromatic rings. The van der Waals surface area contributed by atoms with Crippen LogP contribution in [0.3, 0.4) is 0 Å². The molecule has 2 atom stereocenters. The Balaban J connectivity index is 2.02. The summed E-state index contributed by atoms with van der Waals surface area (Å²) in [5.41, 5.74) is 2.69. The van der Waals surface area contributed by atoms with Gasteiger partial charge in [0.15, 0.2) is 0 Å². The van der Waals surface area contributed by atoms with E-state index in [1.807, 2.05) is 43.3 Å². The lowest BCUT2D eigenvalue weighted by Crippen LogP contribution is -2.33. The Morgan fingerprint density at radius 2 is 2.00 bits per heavy atom. The summed E-state index contributed by atoms with van der Waals surface area (Å²) < 4.78 is 11.4. The van der Waals surface area contributed by atoms with Gasteiger partial charge in [0, 0.05) is 36.8 Å². The number of amides is 1. The lowest BCUT2D eigenvalue weighted by Gasteiger charge is -2.22. The maximum Gasteiger partial charge on any atom is 0.251 e. The van der Waals surface area contributed by atoms with E-state index < -0.39 is 0 Å². The maximum absolute atomic E-state index is 11.8. The number of nitrogens with one attached hydrogen (secondary N) is 2. The molecule has 0 saturated heterocycles. The zero-order chi connectivity index (χ0) is 20.5. The molecule has 0 radical (unpaired) electrons. The summed E-state index contributed by atoms with van der Waals surface area (Å²) in [4.78, 5) is 11.8. The van der Waals surface area contributed by atoms with Crippen LogP contribution < -0.4 is 15.4 Å². The highest BCUT2D eigenvalue weighted by atomic mass is 35.5. The van der Waals surface area contributed by atoms with Gasteiger partial charge < -0.3 is 20.1 Å². The summed E-state index contributed by atoms with van der Waals surface area (Å²) in [5, 5.41) is 6.86. The number of benzene rings is 2. The van der Waals surface area contributed by atoms with Crippen LogP contribution in [-0.2, 0) is 11.2 Å². The standard InChI is InChI=1S/C22H29ClN2O3/c1-5-28-21(16-7-6-8-19(23)12-16)14-25-15(2)11-17-9-10-18(22(26)24-3)13-20(17)27-4/h6-10,12-13,15,21,25H,5,11,14H2,1-4H3,(H,24,26). The molecule has 0 aliphatic carbocycles. The van der Waals surface area contributed by atoms with Crippen LogP contribution in [0.1, 0.15) is 41.4 Å². The Kier molecular flexibility index (Phi) is 8.77. The third-order valence-corrected chi connectivity index (χ3v) is 4.78. The Morgan fingerprint density at radius 3 is 2.64 bits per heavy atom. The lowest BCUT2D eigenvalue weighted by molar-refractivity contribution is 0.0605. The van der Waals surface area contributed by atoms with Crippen molar-refractivity contribution in [3.63, 3.8) is 0 Å². The minimum Gasteiger partial charge on any atom is -0.496 e. The second-order valence-electron chi connectivity index (χ2n) is 6.62. The molecule has 2 N–H and O–H groups in total. The predicted molar refractivity (Wildman–Crippen MR) is 113 cm³/mol. The molecular weight excluding hydrogens is 376 g/mol. The van der Waals surface area contributed by atoms with Crippen molar-refractivity contribution < 1.29 is 14.3 Å². The van der Waals surface area contributed by atoms with E-state index in [0.717, 1.165) is 17.5 Å². The molecule has 2 aromatic carbocycles. The molecule has 0 bridgehead atoms. The van der Waals surface area contributed by atoms with Gasteiger partial charge in [-0.2, -0.15) is 0 Å². The molecule has 2 rings (SSSR count). The highest BCUT2D eigenvalue weighted by molar-refractivity contribution is 6.30. The first-order chi connectivity index (χ1) is 13.5. The van der Waals surface area contributed by atoms with Gasteiger partial charge in [-0.3, -0.25) is 4.79 Å². The number of halogens is 1. The van der Waals surface area contributed by atoms with E-state index in [1.165, 1.54) is 0 Å². The van der Waals surface area contributed by atoms with Crippen molar-refractivity contribution in [2.75, 3.05) is 27.3 Å². The maximum atomic E-state index is 11.8. The van der Waals surface area contributed by atoms with E-state index in [4.69, 9.17) is 21.1 Å². The Bertz CT molecular complexity index is 782. The number of hydrogen-bond acceptors (Lipinski definition) is 4. The van der Waals surface area contributed by atoms with E-state index in [2.05, 4.69) is 17.6 Å². The number of rotatable bonds is 10. The van der Waals surface area contributed by atoms with Crippen LogP contribution in [0.4, 0.5) is 0 Å². The van der Waals surface area contributed by atoms with Gasteiger partial charge in [-0.05, 0) is 55.7 Å². The van der Waals surface area contributed by atoms with Crippen molar-refractivity contribution in [1.29, 1.82) is 0 Å². The fraction of sp³-hybridized carbons (Fsp3) is 0.409. The molecule has 1 amide bonds. The van der Waals surface area contributed by atoms with Crippen LogP contribution >= 0.6 is 11.6 Å². The topological polar surface area (TPSA) is 59.6 Å². The number of hydrogen-bond donors (Lipinski definition) is 2. The first kappa shape index (κ1) is 22.2. The molecule has 0 heterocycles. The SMILES string of the molecule is CCOC(CNC(C)Cc1ccc(C(=O)NC)cc1OC)c1cccc(Cl)c1. The quantitative estimate of drug-likeness (QED) is 0.628. The van der Waals surface area contributed by atoms with Crippen LogP contribution in [0.25, 0.3) is 0 Å². The van der Waals surface area contributed by atoms with Gasteiger partial charge in [-0.15, -0.1) is 0 Å². The summed E-state index contributed by atoms with van der Waals surface area (Å²) in [7, 11) is 3.23. The van der Waals surface area contributed by atoms with Gasteiger partial charge in [0.2, 0.25) is 0 Å². The molecule has 6 heteroatoms. The minimum atomic E-state index is -0.128. The molecule has 152 valence electrons. The predicted octanol–water partition coefficient (Wildman–Crippen LogP) is 4.01. The fourth-order valence-electron chi connectivity index (χ4n) is 3.09. The van der Waals surface area contributed by atoms with Gasteiger partial charge in [-0.25, -0.2) is 0 Å². The number of carbonyl (C=O) groups excluding carboxylic acids is 1. The zero-order valence-electron chi connectivity index (χ0n) is 16.9. The van der Waals surface area contributed by atoms with Crippen LogP contribution in [0.5, 0.6) is 5.75 Å². The number of carbonyl (C=O) groups is 1. The van der Waals surface area contributed by atoms with E-state index in [0.29, 0.717) is 29.5 Å². The summed E-state index contributed by atoms with van der Waals surface area (Å²) in [6, 6.07) is 13.5. The van der Waals surface area contributed by atoms with Crippen LogP contribution in [0.2, 0.25) is 5.02 Å². The zero-order valence-corrected chi connectivity index (χ0v) is 17.7. The molecule has 0 aliphatic heterocycles. The van der Waals surface area contributed by atoms with Crippen molar-refractivity contribution in [2.45, 2.75) is 32.4 Å². The Hall–Kier alpha value is -2.08. The van der Waals surface area contributed by atoms with Crippen molar-refractivity contribution >= 4 is 17.5 Å². The van der Waals surface area contributed by atoms with Gasteiger partial charge >= 0.3 is 0 Å². The lowest BCUT2D eigenvalue weighted by atomic mass is 10.0. The molecule has 0 saturated carbocycles. The Labute approximate surface area is 172 Å². The first-order valence-corrected chi connectivity index (χ1v) is 9.85. The van der Waals surface area contributed by atoms with Crippen molar-refractivity contribution in [3.05, 3.63) is 64.2 Å². The van der Waals surface area contributed by atoms with Crippen molar-refractivity contribution in [3.8, 4) is 5.75 Å². The van der Waals surface area contributed by atoms with Crippen LogP contribution in [-0.4, -0.2) is 39.3 Å². The highest BCUT2D eigenvalue weighted by Gasteiger charge is 2.15. The van der Waals surface area contributed by atoms with Crippen molar-refractivity contribution in [1.82, 2.24) is 10.6 Å². The summed E-state index contributed by atoms with van der Waals surface area (Å²) in [5.74, 6) is 0.586. The van der Waals surface area contributed by atoms with E-state index in [-0.39, 0.29) is 18.1 Å². The molecule has 5 nitrogen and oxygen atoms in total. The highest BCUT2D eigenvalue weighted by Crippen LogP contribution is 2.23. The smallest absolute Gasteiger partial charge is 0.251 e. The number of ether oxygens (including phenoxy) is 2. The van der Waals surface area contributed by atoms with Gasteiger partial charge in [0.1, 0.15) is 5.75 Å². The molecule has 28 heavy (non-hydrogen) atoms. The van der Waals surface area contributed by atoms with Gasteiger partial charge in [0.05, 0.1) is 13.2 Å². The van der Waals surface area contributed by atoms with E-state index >= 15 is 0 Å². The second-order valence-corrected chi connectivity index (χ2v) is 7.05. The molecular formula is C22H29ClN2O3. The largest absolute Gasteiger partial charge is 0.496 e. The monoisotopic (exact) mass is 404 g/mol. The number of methoxy groups -OCH3 is 1. The molecule has 0 aliphatic rings. The summed E-state index contributed by atoms with van der Waals surface area (Å²) >= 11 is 6.12. The minimum absolute atomic E-state index is 0.0660. The van der Waals surface area contributed by atoms with Gasteiger partial charge in [0.25, 0.3) is 5.91 Å². The average Bonchev–Trinajstić information content (AvgIpc) is 2.70. The van der Waals surface area contributed by atoms with E-state index in [9.17, 15) is 4.79 Å². The fourth-order valence-corrected chi connectivity index (χ4v) is 3.29. The summed E-state index contributed by atoms with van der Waals surface area (Å²) in [6.45, 7) is 5.41. The Morgan fingerprint density at radius 1 is 1.21 bits per heavy atom. The van der Waals surface area contributed by atoms with Crippen molar-refractivity contribution in [2.24, 2.45) is 0 Å². The third kappa shape index (κ3) is 6.23. The second kappa shape index (κ2) is 11.1. The molecule has 2 unspecified atom stereocenters. The molecule has 0 aromatic heterocycles. The van der Waals surface area contributed by atoms with E-state index in [1.54, 1.807) is 20.2 Å². The van der Waals surface area contributed by atoms with Crippen LogP contribution in [0.15, 0.2) is 42.5 Å². The normalized spacial score (nSPS) is 13.0. The first-order valence-electron chi connectivity index (χ1n) is 9.47. The summed E-state index contributed by atoms with van der Waals surface area (Å²) in [6.07, 6.45) is 0.703. The molecule has 0 spiro atoms. The van der Waals surface area contributed by atoms with Gasteiger partial charge in [-0.1, -0.05) is 29.8 Å². The molecule has 0 fully saturated rings. The van der Waals surface area contributed by atoms with Crippen LogP contribution in [0, 0.1) is 0 Å². The third-order valence-electron chi connectivity index (χ3n) is 4.54. The average molecular weight is 405 g/mol.